The monoisotopic (exact) mass is 356 g/mol. The van der Waals surface area contributed by atoms with Crippen molar-refractivity contribution < 1.29 is 14.7 Å². The maximum atomic E-state index is 12.7. The van der Waals surface area contributed by atoms with Crippen LogP contribution in [0.3, 0.4) is 0 Å². The van der Waals surface area contributed by atoms with Crippen molar-refractivity contribution in [3.8, 4) is 0 Å². The van der Waals surface area contributed by atoms with Gasteiger partial charge in [0.05, 0.1) is 28.9 Å². The Hall–Kier alpha value is -2.41. The van der Waals surface area contributed by atoms with Gasteiger partial charge in [-0.1, -0.05) is 12.1 Å². The summed E-state index contributed by atoms with van der Waals surface area (Å²) in [4.78, 5) is 31.3. The van der Waals surface area contributed by atoms with E-state index < -0.39 is 11.5 Å². The number of rotatable bonds is 3. The molecule has 2 aliphatic rings. The van der Waals surface area contributed by atoms with Crippen LogP contribution >= 0.6 is 0 Å². The molecule has 0 unspecified atom stereocenters. The van der Waals surface area contributed by atoms with Crippen molar-refractivity contribution in [3.05, 3.63) is 30.6 Å². The van der Waals surface area contributed by atoms with Crippen LogP contribution in [0.4, 0.5) is 0 Å². The second-order valence-electron chi connectivity index (χ2n) is 7.31. The van der Waals surface area contributed by atoms with E-state index in [1.807, 2.05) is 28.8 Å². The summed E-state index contributed by atoms with van der Waals surface area (Å²) in [5.74, 6) is -0.0956. The summed E-state index contributed by atoms with van der Waals surface area (Å²) in [7, 11) is 0. The van der Waals surface area contributed by atoms with Crippen LogP contribution in [0.2, 0.25) is 0 Å². The summed E-state index contributed by atoms with van der Waals surface area (Å²) in [6.07, 6.45) is 3.36. The molecule has 2 atom stereocenters. The fourth-order valence-corrected chi connectivity index (χ4v) is 4.22. The zero-order valence-corrected chi connectivity index (χ0v) is 14.7. The number of para-hydroxylation sites is 2. The molecule has 4 rings (SSSR count). The summed E-state index contributed by atoms with van der Waals surface area (Å²) >= 11 is 0. The number of aromatic nitrogens is 2. The van der Waals surface area contributed by atoms with Crippen molar-refractivity contribution in [1.29, 1.82) is 0 Å². The lowest BCUT2D eigenvalue weighted by Crippen LogP contribution is -2.62. The van der Waals surface area contributed by atoms with Gasteiger partial charge in [-0.15, -0.1) is 0 Å². The second-order valence-corrected chi connectivity index (χ2v) is 7.31. The molecule has 0 bridgehead atoms. The highest BCUT2D eigenvalue weighted by Gasteiger charge is 2.50. The van der Waals surface area contributed by atoms with Crippen molar-refractivity contribution >= 4 is 22.8 Å². The average Bonchev–Trinajstić information content (AvgIpc) is 3.07. The molecule has 2 amide bonds. The van der Waals surface area contributed by atoms with E-state index >= 15 is 0 Å². The largest absolute Gasteiger partial charge is 0.392 e. The Balaban J connectivity index is 1.44. The number of hydrogen-bond acceptors (Lipinski definition) is 4. The molecular formula is C19H24N4O3. The van der Waals surface area contributed by atoms with Gasteiger partial charge in [0, 0.05) is 32.6 Å². The van der Waals surface area contributed by atoms with Gasteiger partial charge in [-0.2, -0.15) is 0 Å². The summed E-state index contributed by atoms with van der Waals surface area (Å²) in [5, 5.41) is 13.3. The summed E-state index contributed by atoms with van der Waals surface area (Å²) < 4.78 is 1.98. The first-order valence-electron chi connectivity index (χ1n) is 9.24. The molecule has 0 radical (unpaired) electrons. The number of nitrogens with zero attached hydrogens (tertiary/aromatic N) is 3. The molecule has 1 spiro atoms. The van der Waals surface area contributed by atoms with Gasteiger partial charge in [-0.25, -0.2) is 4.98 Å². The molecule has 2 fully saturated rings. The van der Waals surface area contributed by atoms with Gasteiger partial charge in [0.15, 0.2) is 0 Å². The number of piperidine rings is 2. The predicted octanol–water partition coefficient (Wildman–Crippen LogP) is 0.916. The smallest absolute Gasteiger partial charge is 0.230 e. The molecule has 2 saturated heterocycles. The van der Waals surface area contributed by atoms with E-state index in [9.17, 15) is 14.7 Å². The minimum absolute atomic E-state index is 0.0208. The Morgan fingerprint density at radius 1 is 1.38 bits per heavy atom. The molecular weight excluding hydrogens is 332 g/mol. The minimum atomic E-state index is -0.839. The number of amides is 2. The van der Waals surface area contributed by atoms with Crippen LogP contribution in [0.25, 0.3) is 11.0 Å². The Labute approximate surface area is 152 Å². The van der Waals surface area contributed by atoms with E-state index in [1.165, 1.54) is 0 Å². The maximum absolute atomic E-state index is 12.7. The molecule has 7 heteroatoms. The number of carbonyl (C=O) groups is 2. The Morgan fingerprint density at radius 2 is 2.23 bits per heavy atom. The first kappa shape index (κ1) is 17.0. The third kappa shape index (κ3) is 2.86. The molecule has 3 heterocycles. The van der Waals surface area contributed by atoms with Crippen LogP contribution in [-0.4, -0.2) is 57.1 Å². The van der Waals surface area contributed by atoms with Crippen LogP contribution < -0.4 is 5.32 Å². The van der Waals surface area contributed by atoms with Crippen molar-refractivity contribution in [1.82, 2.24) is 19.8 Å². The normalized spacial score (nSPS) is 26.3. The van der Waals surface area contributed by atoms with Crippen molar-refractivity contribution in [2.45, 2.75) is 38.3 Å². The van der Waals surface area contributed by atoms with Crippen LogP contribution in [0.5, 0.6) is 0 Å². The van der Waals surface area contributed by atoms with E-state index in [0.717, 1.165) is 17.5 Å². The number of carbonyl (C=O) groups excluding carboxylic acids is 2. The van der Waals surface area contributed by atoms with Gasteiger partial charge in [-0.05, 0) is 31.4 Å². The molecule has 26 heavy (non-hydrogen) atoms. The molecule has 7 nitrogen and oxygen atoms in total. The van der Waals surface area contributed by atoms with E-state index in [4.69, 9.17) is 0 Å². The lowest BCUT2D eigenvalue weighted by atomic mass is 9.71. The SMILES string of the molecule is O=C(CCn1cnc2ccccc21)N1CC[C@H](O)[C@@]2(CCCNC2=O)C1. The van der Waals surface area contributed by atoms with Crippen LogP contribution in [-0.2, 0) is 16.1 Å². The zero-order chi connectivity index (χ0) is 18.1. The number of hydrogen-bond donors (Lipinski definition) is 2. The number of aryl methyl sites for hydroxylation is 1. The lowest BCUT2D eigenvalue weighted by molar-refractivity contribution is -0.154. The molecule has 138 valence electrons. The highest BCUT2D eigenvalue weighted by Crippen LogP contribution is 2.37. The maximum Gasteiger partial charge on any atom is 0.230 e. The van der Waals surface area contributed by atoms with Crippen LogP contribution in [0.1, 0.15) is 25.7 Å². The van der Waals surface area contributed by atoms with Gasteiger partial charge >= 0.3 is 0 Å². The average molecular weight is 356 g/mol. The van der Waals surface area contributed by atoms with E-state index in [1.54, 1.807) is 11.2 Å². The van der Waals surface area contributed by atoms with Gasteiger partial charge in [0.1, 0.15) is 0 Å². The molecule has 1 aromatic heterocycles. The Kier molecular flexibility index (Phi) is 4.40. The van der Waals surface area contributed by atoms with Crippen molar-refractivity contribution in [3.63, 3.8) is 0 Å². The first-order chi connectivity index (χ1) is 12.6. The molecule has 2 aromatic rings. The van der Waals surface area contributed by atoms with Gasteiger partial charge in [0.2, 0.25) is 11.8 Å². The van der Waals surface area contributed by atoms with Crippen LogP contribution in [0.15, 0.2) is 30.6 Å². The topological polar surface area (TPSA) is 87.5 Å². The number of aliphatic hydroxyl groups is 1. The molecule has 0 aliphatic carbocycles. The van der Waals surface area contributed by atoms with Crippen molar-refractivity contribution in [2.75, 3.05) is 19.6 Å². The van der Waals surface area contributed by atoms with E-state index in [0.29, 0.717) is 45.4 Å². The van der Waals surface area contributed by atoms with Gasteiger partial charge in [-0.3, -0.25) is 9.59 Å². The van der Waals surface area contributed by atoms with Crippen molar-refractivity contribution in [2.24, 2.45) is 5.41 Å². The van der Waals surface area contributed by atoms with Gasteiger partial charge in [0.25, 0.3) is 0 Å². The third-order valence-electron chi connectivity index (χ3n) is 5.77. The van der Waals surface area contributed by atoms with Crippen LogP contribution in [0, 0.1) is 5.41 Å². The number of benzene rings is 1. The number of nitrogens with one attached hydrogen (secondary N) is 1. The molecule has 2 N–H and O–H groups in total. The highest BCUT2D eigenvalue weighted by atomic mass is 16.3. The summed E-state index contributed by atoms with van der Waals surface area (Å²) in [5.41, 5.74) is 1.09. The number of fused-ring (bicyclic) bond motifs is 1. The fourth-order valence-electron chi connectivity index (χ4n) is 4.22. The Morgan fingerprint density at radius 3 is 3.08 bits per heavy atom. The number of imidazole rings is 1. The first-order valence-corrected chi connectivity index (χ1v) is 9.24. The second kappa shape index (κ2) is 6.72. The molecule has 2 aliphatic heterocycles. The van der Waals surface area contributed by atoms with E-state index in [2.05, 4.69) is 10.3 Å². The van der Waals surface area contributed by atoms with Gasteiger partial charge < -0.3 is 19.9 Å². The minimum Gasteiger partial charge on any atom is -0.392 e. The fraction of sp³-hybridized carbons (Fsp3) is 0.526. The standard InChI is InChI=1S/C19H24N4O3/c24-16-6-10-22(12-19(16)8-3-9-20-18(19)26)17(25)7-11-23-13-21-14-4-1-2-5-15(14)23/h1-2,4-5,13,16,24H,3,6-12H2,(H,20,26)/t16-,19+/m0/s1. The third-order valence-corrected chi connectivity index (χ3v) is 5.77. The molecule has 1 aromatic carbocycles. The Bertz CT molecular complexity index is 833. The predicted molar refractivity (Wildman–Crippen MR) is 96.2 cm³/mol. The zero-order valence-electron chi connectivity index (χ0n) is 14.7. The van der Waals surface area contributed by atoms with E-state index in [-0.39, 0.29) is 11.8 Å². The molecule has 0 saturated carbocycles. The summed E-state index contributed by atoms with van der Waals surface area (Å²) in [6, 6.07) is 7.84. The number of likely N-dealkylation sites (tertiary alicyclic amines) is 1. The summed E-state index contributed by atoms with van der Waals surface area (Å²) in [6.45, 7) is 2.01. The lowest BCUT2D eigenvalue weighted by Gasteiger charge is -2.46. The highest BCUT2D eigenvalue weighted by molar-refractivity contribution is 5.86. The quantitative estimate of drug-likeness (QED) is 0.856. The number of aliphatic hydroxyl groups excluding tert-OH is 1.